The molecule has 4 nitrogen and oxygen atoms in total. The van der Waals surface area contributed by atoms with Crippen LogP contribution < -0.4 is 5.32 Å². The summed E-state index contributed by atoms with van der Waals surface area (Å²) < 4.78 is 38.7. The van der Waals surface area contributed by atoms with Crippen molar-refractivity contribution in [2.75, 3.05) is 18.4 Å². The minimum absolute atomic E-state index is 0.0631. The number of alkyl halides is 3. The van der Waals surface area contributed by atoms with Gasteiger partial charge in [-0.25, -0.2) is 0 Å². The van der Waals surface area contributed by atoms with Crippen molar-refractivity contribution in [3.05, 3.63) is 28.8 Å². The lowest BCUT2D eigenvalue weighted by molar-refractivity contribution is -0.137. The molecule has 26 heavy (non-hydrogen) atoms. The molecular formula is C18H22ClF3N2O2. The third-order valence-electron chi connectivity index (χ3n) is 4.50. The summed E-state index contributed by atoms with van der Waals surface area (Å²) >= 11 is 5.58. The first-order valence-corrected chi connectivity index (χ1v) is 9.05. The number of amides is 2. The second-order valence-corrected chi connectivity index (χ2v) is 6.85. The fourth-order valence-corrected chi connectivity index (χ4v) is 3.17. The van der Waals surface area contributed by atoms with E-state index in [1.165, 1.54) is 6.07 Å². The van der Waals surface area contributed by atoms with Crippen molar-refractivity contribution in [2.45, 2.75) is 45.2 Å². The Morgan fingerprint density at radius 1 is 1.27 bits per heavy atom. The molecule has 1 heterocycles. The van der Waals surface area contributed by atoms with Gasteiger partial charge in [-0.2, -0.15) is 13.2 Å². The zero-order chi connectivity index (χ0) is 19.3. The topological polar surface area (TPSA) is 49.4 Å². The molecule has 0 saturated carbocycles. The van der Waals surface area contributed by atoms with Gasteiger partial charge in [0.15, 0.2) is 0 Å². The van der Waals surface area contributed by atoms with Crippen LogP contribution in [0.1, 0.15) is 44.6 Å². The number of nitrogens with zero attached hydrogens (tertiary/aromatic N) is 1. The number of hydrogen-bond donors (Lipinski definition) is 1. The smallest absolute Gasteiger partial charge is 0.343 e. The van der Waals surface area contributed by atoms with Crippen molar-refractivity contribution in [2.24, 2.45) is 5.92 Å². The number of anilines is 1. The summed E-state index contributed by atoms with van der Waals surface area (Å²) in [6, 6.07) is 3.30. The van der Waals surface area contributed by atoms with E-state index in [0.29, 0.717) is 32.4 Å². The van der Waals surface area contributed by atoms with E-state index in [1.807, 2.05) is 6.92 Å². The van der Waals surface area contributed by atoms with E-state index in [4.69, 9.17) is 11.6 Å². The van der Waals surface area contributed by atoms with E-state index in [9.17, 15) is 22.8 Å². The fourth-order valence-electron chi connectivity index (χ4n) is 2.94. The monoisotopic (exact) mass is 390 g/mol. The molecule has 1 fully saturated rings. The molecule has 0 aromatic heterocycles. The molecule has 0 unspecified atom stereocenters. The number of halogens is 4. The Kier molecular flexibility index (Phi) is 6.92. The second kappa shape index (κ2) is 8.75. The Morgan fingerprint density at radius 2 is 1.92 bits per heavy atom. The van der Waals surface area contributed by atoms with E-state index in [1.54, 1.807) is 4.90 Å². The largest absolute Gasteiger partial charge is 0.417 e. The first kappa shape index (κ1) is 20.6. The Labute approximate surface area is 155 Å². The zero-order valence-corrected chi connectivity index (χ0v) is 15.3. The standard InChI is InChI=1S/C18H22ClF3N2O2/c1-2-3-4-16(25)24-9-7-12(8-10-24)17(26)23-13-5-6-15(19)14(11-13)18(20,21)22/h5-6,11-12H,2-4,7-10H2,1H3,(H,23,26). The van der Waals surface area contributed by atoms with Gasteiger partial charge < -0.3 is 10.2 Å². The molecule has 0 atom stereocenters. The van der Waals surface area contributed by atoms with Crippen LogP contribution in [0.5, 0.6) is 0 Å². The summed E-state index contributed by atoms with van der Waals surface area (Å²) in [5.74, 6) is -0.561. The molecule has 2 rings (SSSR count). The summed E-state index contributed by atoms with van der Waals surface area (Å²) in [5, 5.41) is 2.12. The Morgan fingerprint density at radius 3 is 2.50 bits per heavy atom. The van der Waals surface area contributed by atoms with Crippen LogP contribution in [-0.4, -0.2) is 29.8 Å². The average molecular weight is 391 g/mol. The van der Waals surface area contributed by atoms with Gasteiger partial charge in [-0.1, -0.05) is 24.9 Å². The third kappa shape index (κ3) is 5.37. The summed E-state index contributed by atoms with van der Waals surface area (Å²) in [6.07, 6.45) is -1.27. The van der Waals surface area contributed by atoms with Crippen LogP contribution in [0.25, 0.3) is 0 Å². The SMILES string of the molecule is CCCCC(=O)N1CCC(C(=O)Nc2ccc(Cl)c(C(F)(F)F)c2)CC1. The van der Waals surface area contributed by atoms with Crippen molar-refractivity contribution in [1.29, 1.82) is 0 Å². The highest BCUT2D eigenvalue weighted by atomic mass is 35.5. The normalized spacial score (nSPS) is 15.8. The molecule has 1 N–H and O–H groups in total. The molecule has 1 aromatic carbocycles. The van der Waals surface area contributed by atoms with Gasteiger partial charge in [0.1, 0.15) is 0 Å². The number of piperidine rings is 1. The molecular weight excluding hydrogens is 369 g/mol. The fraction of sp³-hybridized carbons (Fsp3) is 0.556. The minimum atomic E-state index is -4.58. The predicted molar refractivity (Wildman–Crippen MR) is 93.9 cm³/mol. The number of carbonyl (C=O) groups excluding carboxylic acids is 2. The first-order valence-electron chi connectivity index (χ1n) is 8.67. The van der Waals surface area contributed by atoms with Crippen LogP contribution in [0, 0.1) is 5.92 Å². The number of unbranched alkanes of at least 4 members (excludes halogenated alkanes) is 1. The quantitative estimate of drug-likeness (QED) is 0.790. The van der Waals surface area contributed by atoms with Crippen molar-refractivity contribution in [3.8, 4) is 0 Å². The van der Waals surface area contributed by atoms with E-state index in [2.05, 4.69) is 5.32 Å². The number of benzene rings is 1. The molecule has 2 amide bonds. The lowest BCUT2D eigenvalue weighted by Gasteiger charge is -2.31. The van der Waals surface area contributed by atoms with Crippen LogP contribution in [-0.2, 0) is 15.8 Å². The molecule has 0 bridgehead atoms. The predicted octanol–water partition coefficient (Wildman–Crippen LogP) is 4.73. The third-order valence-corrected chi connectivity index (χ3v) is 4.83. The van der Waals surface area contributed by atoms with E-state index in [-0.39, 0.29) is 23.4 Å². The molecule has 1 aliphatic heterocycles. The molecule has 0 spiro atoms. The maximum absolute atomic E-state index is 12.9. The Hall–Kier alpha value is -1.76. The van der Waals surface area contributed by atoms with Crippen molar-refractivity contribution in [3.63, 3.8) is 0 Å². The number of likely N-dealkylation sites (tertiary alicyclic amines) is 1. The summed E-state index contributed by atoms with van der Waals surface area (Å²) in [7, 11) is 0. The van der Waals surface area contributed by atoms with Crippen LogP contribution >= 0.6 is 11.6 Å². The Balaban J connectivity index is 1.93. The van der Waals surface area contributed by atoms with E-state index < -0.39 is 16.8 Å². The van der Waals surface area contributed by atoms with Gasteiger partial charge in [-0.15, -0.1) is 0 Å². The van der Waals surface area contributed by atoms with E-state index >= 15 is 0 Å². The highest BCUT2D eigenvalue weighted by Gasteiger charge is 2.34. The van der Waals surface area contributed by atoms with Crippen molar-refractivity contribution >= 4 is 29.1 Å². The highest BCUT2D eigenvalue weighted by Crippen LogP contribution is 2.36. The number of rotatable bonds is 5. The number of hydrogen-bond acceptors (Lipinski definition) is 2. The van der Waals surface area contributed by atoms with Crippen LogP contribution in [0.3, 0.4) is 0 Å². The van der Waals surface area contributed by atoms with Gasteiger partial charge in [0.05, 0.1) is 10.6 Å². The zero-order valence-electron chi connectivity index (χ0n) is 14.5. The lowest BCUT2D eigenvalue weighted by atomic mass is 9.95. The van der Waals surface area contributed by atoms with Crippen molar-refractivity contribution in [1.82, 2.24) is 4.90 Å². The van der Waals surface area contributed by atoms with E-state index in [0.717, 1.165) is 25.0 Å². The molecule has 8 heteroatoms. The van der Waals surface area contributed by atoms with Crippen LogP contribution in [0.2, 0.25) is 5.02 Å². The van der Waals surface area contributed by atoms with Gasteiger partial charge in [-0.05, 0) is 37.5 Å². The van der Waals surface area contributed by atoms with Gasteiger partial charge in [0, 0.05) is 31.1 Å². The minimum Gasteiger partial charge on any atom is -0.343 e. The van der Waals surface area contributed by atoms with Gasteiger partial charge in [-0.3, -0.25) is 9.59 Å². The molecule has 1 aromatic rings. The van der Waals surface area contributed by atoms with Gasteiger partial charge in [0.25, 0.3) is 0 Å². The second-order valence-electron chi connectivity index (χ2n) is 6.44. The first-order chi connectivity index (χ1) is 12.2. The van der Waals surface area contributed by atoms with Crippen LogP contribution in [0.15, 0.2) is 18.2 Å². The highest BCUT2D eigenvalue weighted by molar-refractivity contribution is 6.31. The number of carbonyl (C=O) groups is 2. The summed E-state index contributed by atoms with van der Waals surface area (Å²) in [4.78, 5) is 26.1. The maximum atomic E-state index is 12.9. The molecule has 1 aliphatic rings. The van der Waals surface area contributed by atoms with Gasteiger partial charge in [0.2, 0.25) is 11.8 Å². The number of nitrogens with one attached hydrogen (secondary N) is 1. The maximum Gasteiger partial charge on any atom is 0.417 e. The summed E-state index contributed by atoms with van der Waals surface area (Å²) in [5.41, 5.74) is -0.915. The van der Waals surface area contributed by atoms with Gasteiger partial charge >= 0.3 is 6.18 Å². The van der Waals surface area contributed by atoms with Crippen molar-refractivity contribution < 1.29 is 22.8 Å². The average Bonchev–Trinajstić information content (AvgIpc) is 2.60. The molecule has 0 aliphatic carbocycles. The van der Waals surface area contributed by atoms with Crippen LogP contribution in [0.4, 0.5) is 18.9 Å². The lowest BCUT2D eigenvalue weighted by Crippen LogP contribution is -2.41. The molecule has 0 radical (unpaired) electrons. The summed E-state index contributed by atoms with van der Waals surface area (Å²) in [6.45, 7) is 3.01. The Bertz CT molecular complexity index is 656. The molecule has 144 valence electrons. The molecule has 1 saturated heterocycles.